The molecule has 3 fully saturated rings. The highest BCUT2D eigenvalue weighted by atomic mass is 16.7. The fourth-order valence-corrected chi connectivity index (χ4v) is 11.0. The van der Waals surface area contributed by atoms with Crippen molar-refractivity contribution < 1.29 is 129 Å². The van der Waals surface area contributed by atoms with E-state index in [1.807, 2.05) is 0 Å². The van der Waals surface area contributed by atoms with E-state index >= 15 is 0 Å². The second kappa shape index (κ2) is 37.0. The molecule has 16 N–H and O–H groups in total. The summed E-state index contributed by atoms with van der Waals surface area (Å²) >= 11 is 0. The van der Waals surface area contributed by atoms with Crippen molar-refractivity contribution in [1.82, 2.24) is 10.6 Å². The summed E-state index contributed by atoms with van der Waals surface area (Å²) in [6, 6.07) is 0.231. The molecule has 93 heavy (non-hydrogen) atoms. The van der Waals surface area contributed by atoms with Gasteiger partial charge < -0.3 is 115 Å². The van der Waals surface area contributed by atoms with Gasteiger partial charge in [0, 0.05) is 50.5 Å². The van der Waals surface area contributed by atoms with E-state index in [2.05, 4.69) is 10.6 Å². The van der Waals surface area contributed by atoms with Gasteiger partial charge >= 0.3 is 23.7 Å². The number of cyclic esters (lactones) is 1. The number of esters is 1. The standard InChI is InChI=1S/C63H91N3O27/c1-33-18-16-14-12-10-8-6-7-9-11-13-15-17-19-42(28-48-51(59(81)82)46(74)30-63(84,93-48)29-41(71)26-45(73)44(72)22-21-39(69)25-40(70)27-50(75)88-35(3)34(2)54(33)76)90-61-58(80)52(55(77)36(4)89-61)65-62(83)87-32-38-20-23-47(43(24-38)66(85)86)91-60-53(64-37(5)68)57(79)56(78)49(31-67)92-60/h6-20,23-24,33-36,39-42,44-46,48-49,51-58,60-61,67,69-74,76-80,84H,21-22,25-32H2,1-5H3,(H,64,68)(H,65,83)(H,81,82)/b7-6+,10-8+,11-9+,14-12+,15-13+,18-16+,19-17+/t33-,34-,35-,36+,39+,40+,41-,42-,44+,45+,46-,48?,49?,51+,52-,53?,54+,55+,56+,57+,58-,60+,61-,63+/m0/s1. The lowest BCUT2D eigenvalue weighted by Gasteiger charge is -2.45. The summed E-state index contributed by atoms with van der Waals surface area (Å²) in [5.74, 6) is -8.55. The van der Waals surface area contributed by atoms with Crippen LogP contribution in [0.25, 0.3) is 0 Å². The van der Waals surface area contributed by atoms with Crippen molar-refractivity contribution >= 4 is 29.6 Å². The molecule has 2 amide bonds. The van der Waals surface area contributed by atoms with Gasteiger partial charge in [-0.25, -0.2) is 4.79 Å². The Hall–Kier alpha value is -6.40. The molecular formula is C63H91N3O27. The van der Waals surface area contributed by atoms with Crippen LogP contribution in [-0.4, -0.2) is 235 Å². The van der Waals surface area contributed by atoms with Crippen LogP contribution in [0.2, 0.25) is 0 Å². The zero-order valence-electron chi connectivity index (χ0n) is 52.2. The number of hydrogen-bond acceptors (Lipinski definition) is 26. The Bertz CT molecular complexity index is 2800. The Morgan fingerprint density at radius 1 is 0.677 bits per heavy atom. The van der Waals surface area contributed by atoms with E-state index < -0.39 is 226 Å². The van der Waals surface area contributed by atoms with Gasteiger partial charge in [-0.05, 0) is 44.7 Å². The van der Waals surface area contributed by atoms with Gasteiger partial charge in [0.2, 0.25) is 12.2 Å². The first-order valence-corrected chi connectivity index (χ1v) is 30.6. The molecule has 5 rings (SSSR count). The Morgan fingerprint density at radius 2 is 1.30 bits per heavy atom. The molecule has 1 aromatic carbocycles. The number of rotatable bonds is 11. The predicted molar refractivity (Wildman–Crippen MR) is 325 cm³/mol. The third kappa shape index (κ3) is 23.8. The number of nitrogens with zero attached hydrogens (tertiary/aromatic N) is 1. The molecule has 30 heteroatoms. The SMILES string of the molecule is CC(=O)NC1[C@H](Oc2ccc(COC(=O)N[C@@H]3[C@H](O)[C@H](O[C@H]4/C=C/C=C/C=C/C=C/C=C/C=C/C=C/[C@H](C)[C@@H](O)[C@@H](C)[C@H](C)OC(=O)C[C@H](O)C[C@H](O)CC[C@@H](O)[C@H](O)C[C@H](O)C[C@]5(O)C[C@H](O)[C@@H](C(=O)O)C(C4)O5)O[C@H](C)[C@H]3O)cc2[N+](=O)[O-])OC(CO)[C@@H](O)[C@@H]1O. The van der Waals surface area contributed by atoms with E-state index in [9.17, 15) is 101 Å². The highest BCUT2D eigenvalue weighted by molar-refractivity contribution is 5.73. The van der Waals surface area contributed by atoms with E-state index in [0.717, 1.165) is 19.1 Å². The van der Waals surface area contributed by atoms with Crippen molar-refractivity contribution in [3.8, 4) is 5.75 Å². The molecule has 0 aromatic heterocycles. The molecular weight excluding hydrogens is 1230 g/mol. The Morgan fingerprint density at radius 3 is 1.90 bits per heavy atom. The van der Waals surface area contributed by atoms with Gasteiger partial charge in [-0.1, -0.05) is 105 Å². The lowest BCUT2D eigenvalue weighted by atomic mass is 9.82. The number of aliphatic hydroxyl groups is 13. The number of alkyl carbamates (subject to hydrolysis) is 1. The van der Waals surface area contributed by atoms with Crippen molar-refractivity contribution in [3.05, 3.63) is 119 Å². The maximum absolute atomic E-state index is 13.4. The molecule has 3 unspecified atom stereocenters. The largest absolute Gasteiger partial charge is 0.481 e. The van der Waals surface area contributed by atoms with Crippen LogP contribution in [0, 0.1) is 27.9 Å². The molecule has 4 aliphatic heterocycles. The summed E-state index contributed by atoms with van der Waals surface area (Å²) < 4.78 is 40.1. The second-order valence-electron chi connectivity index (χ2n) is 23.8. The summed E-state index contributed by atoms with van der Waals surface area (Å²) in [5.41, 5.74) is -0.698. The van der Waals surface area contributed by atoms with E-state index in [1.54, 1.807) is 93.7 Å². The zero-order valence-corrected chi connectivity index (χ0v) is 52.2. The lowest BCUT2D eigenvalue weighted by Crippen LogP contribution is -2.65. The first-order valence-electron chi connectivity index (χ1n) is 30.6. The fraction of sp³-hybridized carbons (Fsp3) is 0.619. The summed E-state index contributed by atoms with van der Waals surface area (Å²) in [6.07, 6.45) is -8.69. The zero-order chi connectivity index (χ0) is 68.9. The van der Waals surface area contributed by atoms with Crippen molar-refractivity contribution in [2.45, 2.75) is 221 Å². The first-order chi connectivity index (χ1) is 43.9. The van der Waals surface area contributed by atoms with Crippen LogP contribution in [0.5, 0.6) is 5.75 Å². The third-order valence-corrected chi connectivity index (χ3v) is 16.3. The highest BCUT2D eigenvalue weighted by Crippen LogP contribution is 2.39. The van der Waals surface area contributed by atoms with Gasteiger partial charge in [-0.2, -0.15) is 0 Å². The van der Waals surface area contributed by atoms with Gasteiger partial charge in [0.05, 0.1) is 85.0 Å². The number of nitro groups is 1. The summed E-state index contributed by atoms with van der Waals surface area (Å²) in [5, 5.41) is 169. The maximum atomic E-state index is 13.4. The average Bonchev–Trinajstić information content (AvgIpc) is 0.837. The molecule has 0 spiro atoms. The Balaban J connectivity index is 1.35. The molecule has 3 saturated heterocycles. The van der Waals surface area contributed by atoms with Crippen LogP contribution in [0.3, 0.4) is 0 Å². The molecule has 2 bridgehead atoms. The molecule has 4 heterocycles. The van der Waals surface area contributed by atoms with Crippen LogP contribution in [0.4, 0.5) is 10.5 Å². The number of carbonyl (C=O) groups excluding carboxylic acids is 3. The number of carboxylic acid groups (broad SMARTS) is 1. The van der Waals surface area contributed by atoms with Crippen molar-refractivity contribution in [1.29, 1.82) is 0 Å². The van der Waals surface area contributed by atoms with E-state index in [-0.39, 0.29) is 30.7 Å². The monoisotopic (exact) mass is 1320 g/mol. The number of hydrogen-bond donors (Lipinski definition) is 16. The highest BCUT2D eigenvalue weighted by Gasteiger charge is 2.52. The number of carboxylic acids is 1. The quantitative estimate of drug-likeness (QED) is 0.0782. The molecule has 1 aromatic rings. The van der Waals surface area contributed by atoms with Crippen LogP contribution in [0.15, 0.2) is 103 Å². The molecule has 30 nitrogen and oxygen atoms in total. The van der Waals surface area contributed by atoms with E-state index in [1.165, 1.54) is 25.1 Å². The number of allylic oxidation sites excluding steroid dienone is 12. The third-order valence-electron chi connectivity index (χ3n) is 16.3. The number of nitrogens with one attached hydrogen (secondary N) is 2. The van der Waals surface area contributed by atoms with Crippen molar-refractivity contribution in [3.63, 3.8) is 0 Å². The van der Waals surface area contributed by atoms with Crippen LogP contribution in [0.1, 0.15) is 91.5 Å². The maximum Gasteiger partial charge on any atom is 0.407 e. The number of ether oxygens (including phenoxy) is 7. The molecule has 4 aliphatic rings. The minimum absolute atomic E-state index is 0.00949. The normalized spacial score (nSPS) is 40.1. The summed E-state index contributed by atoms with van der Waals surface area (Å²) in [6.45, 7) is 6.15. The Kier molecular flexibility index (Phi) is 30.8. The van der Waals surface area contributed by atoms with Gasteiger partial charge in [0.25, 0.3) is 0 Å². The summed E-state index contributed by atoms with van der Waals surface area (Å²) in [7, 11) is 0. The van der Waals surface area contributed by atoms with Crippen LogP contribution in [-0.2, 0) is 49.4 Å². The van der Waals surface area contributed by atoms with Crippen LogP contribution < -0.4 is 15.4 Å². The molecule has 0 aliphatic carbocycles. The van der Waals surface area contributed by atoms with Crippen LogP contribution >= 0.6 is 0 Å². The number of aliphatic carboxylic acids is 1. The van der Waals surface area contributed by atoms with E-state index in [0.29, 0.717) is 0 Å². The van der Waals surface area contributed by atoms with Gasteiger partial charge in [0.1, 0.15) is 55.2 Å². The van der Waals surface area contributed by atoms with Gasteiger partial charge in [-0.3, -0.25) is 24.5 Å². The molecule has 520 valence electrons. The minimum atomic E-state index is -2.48. The number of aliphatic hydroxyl groups excluding tert-OH is 12. The van der Waals surface area contributed by atoms with E-state index in [4.69, 9.17) is 33.2 Å². The van der Waals surface area contributed by atoms with Gasteiger partial charge in [0.15, 0.2) is 17.8 Å². The first kappa shape index (κ1) is 77.3. The fourth-order valence-electron chi connectivity index (χ4n) is 11.0. The Labute approximate surface area is 537 Å². The van der Waals surface area contributed by atoms with Crippen molar-refractivity contribution in [2.24, 2.45) is 17.8 Å². The summed E-state index contributed by atoms with van der Waals surface area (Å²) in [4.78, 5) is 62.3. The predicted octanol–water partition coefficient (Wildman–Crippen LogP) is -0.0899. The molecule has 0 saturated carbocycles. The average molecular weight is 1320 g/mol. The smallest absolute Gasteiger partial charge is 0.407 e. The number of amides is 2. The van der Waals surface area contributed by atoms with Gasteiger partial charge in [-0.15, -0.1) is 0 Å². The molecule has 0 radical (unpaired) electrons. The lowest BCUT2D eigenvalue weighted by molar-refractivity contribution is -0.386. The van der Waals surface area contributed by atoms with Crippen molar-refractivity contribution in [2.75, 3.05) is 6.61 Å². The minimum Gasteiger partial charge on any atom is -0.481 e. The topological polar surface area (TPSA) is 483 Å². The number of benzene rings is 1. The molecule has 24 atom stereocenters. The number of carbonyl (C=O) groups is 4. The number of fused-ring (bicyclic) bond motifs is 2. The second-order valence-corrected chi connectivity index (χ2v) is 23.8. The number of nitro benzene ring substituents is 1.